The Kier molecular flexibility index (Phi) is 18.0. The molecule has 1 heteroatoms. The molecule has 2 fully saturated rings. The van der Waals surface area contributed by atoms with Crippen molar-refractivity contribution in [2.45, 2.75) is 183 Å². The monoisotopic (exact) mass is 583 g/mol. The number of hydrogen-bond donors (Lipinski definition) is 0. The molecule has 0 spiro atoms. The van der Waals surface area contributed by atoms with E-state index in [9.17, 15) is 0 Å². The molecule has 2 aliphatic carbocycles. The average molecular weight is 583 g/mol. The fraction of sp³-hybridized carbons (Fsp3) is 0.854. The van der Waals surface area contributed by atoms with E-state index < -0.39 is 0 Å². The van der Waals surface area contributed by atoms with Gasteiger partial charge in [0.25, 0.3) is 0 Å². The zero-order chi connectivity index (χ0) is 31.0. The molecule has 0 heterocycles. The molecule has 2 saturated carbocycles. The lowest BCUT2D eigenvalue weighted by molar-refractivity contribution is 0.0140. The SMILES string of the molecule is COC(C)(C)CCC/C(C)=C/CCC(C)CCC/C(C)=C/CCCC(C)CCC[C@@H]1C[C@H]1CCC1C[C@H]1CC=C(C)C. The minimum absolute atomic E-state index is 0.0183. The second-order valence-electron chi connectivity index (χ2n) is 16.1. The molecule has 2 rings (SSSR count). The van der Waals surface area contributed by atoms with Crippen molar-refractivity contribution in [1.29, 1.82) is 0 Å². The summed E-state index contributed by atoms with van der Waals surface area (Å²) in [6.45, 7) is 18.5. The zero-order valence-corrected chi connectivity index (χ0v) is 30.0. The quantitative estimate of drug-likeness (QED) is 0.0768. The van der Waals surface area contributed by atoms with Crippen LogP contribution >= 0.6 is 0 Å². The lowest BCUT2D eigenvalue weighted by atomic mass is 9.94. The van der Waals surface area contributed by atoms with Crippen LogP contribution in [0.25, 0.3) is 0 Å². The highest BCUT2D eigenvalue weighted by molar-refractivity contribution is 5.00. The Morgan fingerprint density at radius 3 is 1.90 bits per heavy atom. The number of methoxy groups -OCH3 is 1. The molecule has 0 amide bonds. The molecule has 0 saturated heterocycles. The maximum absolute atomic E-state index is 5.54. The molecule has 0 aromatic carbocycles. The van der Waals surface area contributed by atoms with Crippen molar-refractivity contribution >= 4 is 0 Å². The van der Waals surface area contributed by atoms with Gasteiger partial charge < -0.3 is 4.74 Å². The topological polar surface area (TPSA) is 9.23 Å². The van der Waals surface area contributed by atoms with Gasteiger partial charge in [-0.25, -0.2) is 0 Å². The molecule has 0 aromatic heterocycles. The first-order valence-corrected chi connectivity index (χ1v) is 18.5. The highest BCUT2D eigenvalue weighted by Gasteiger charge is 2.40. The normalized spacial score (nSPS) is 24.0. The van der Waals surface area contributed by atoms with Crippen LogP contribution in [0.4, 0.5) is 0 Å². The van der Waals surface area contributed by atoms with E-state index in [1.807, 2.05) is 7.11 Å². The fourth-order valence-corrected chi connectivity index (χ4v) is 7.06. The van der Waals surface area contributed by atoms with Gasteiger partial charge in [-0.05, 0) is 167 Å². The van der Waals surface area contributed by atoms with E-state index in [0.29, 0.717) is 0 Å². The van der Waals surface area contributed by atoms with Crippen LogP contribution in [0.3, 0.4) is 0 Å². The number of hydrogen-bond acceptors (Lipinski definition) is 1. The minimum atomic E-state index is 0.0183. The third-order valence-electron chi connectivity index (χ3n) is 10.9. The minimum Gasteiger partial charge on any atom is -0.379 e. The van der Waals surface area contributed by atoms with Gasteiger partial charge in [-0.1, -0.05) is 80.9 Å². The maximum Gasteiger partial charge on any atom is 0.0622 e. The molecular weight excluding hydrogens is 508 g/mol. The van der Waals surface area contributed by atoms with Crippen LogP contribution in [0.1, 0.15) is 177 Å². The van der Waals surface area contributed by atoms with Gasteiger partial charge >= 0.3 is 0 Å². The first kappa shape index (κ1) is 37.4. The summed E-state index contributed by atoms with van der Waals surface area (Å²) in [7, 11) is 1.82. The van der Waals surface area contributed by atoms with Gasteiger partial charge in [0.15, 0.2) is 0 Å². The van der Waals surface area contributed by atoms with Crippen molar-refractivity contribution in [2.24, 2.45) is 35.5 Å². The van der Waals surface area contributed by atoms with E-state index >= 15 is 0 Å². The van der Waals surface area contributed by atoms with Crippen LogP contribution in [0.15, 0.2) is 34.9 Å². The van der Waals surface area contributed by atoms with Crippen molar-refractivity contribution in [3.8, 4) is 0 Å². The number of allylic oxidation sites excluding steroid dienone is 6. The van der Waals surface area contributed by atoms with E-state index in [1.54, 1.807) is 17.6 Å². The van der Waals surface area contributed by atoms with E-state index in [1.165, 1.54) is 115 Å². The number of unbranched alkanes of at least 4 members (excludes halogenated alkanes) is 1. The summed E-state index contributed by atoms with van der Waals surface area (Å²) >= 11 is 0. The van der Waals surface area contributed by atoms with Crippen LogP contribution in [-0.2, 0) is 4.74 Å². The maximum atomic E-state index is 5.54. The zero-order valence-electron chi connectivity index (χ0n) is 30.0. The summed E-state index contributed by atoms with van der Waals surface area (Å²) in [4.78, 5) is 0. The summed E-state index contributed by atoms with van der Waals surface area (Å²) < 4.78 is 5.54. The predicted molar refractivity (Wildman–Crippen MR) is 188 cm³/mol. The Bertz CT molecular complexity index is 809. The third kappa shape index (κ3) is 18.1. The van der Waals surface area contributed by atoms with E-state index in [4.69, 9.17) is 4.74 Å². The molecule has 0 aliphatic heterocycles. The summed E-state index contributed by atoms with van der Waals surface area (Å²) in [5.41, 5.74) is 4.70. The van der Waals surface area contributed by atoms with Gasteiger partial charge in [0.2, 0.25) is 0 Å². The van der Waals surface area contributed by atoms with Crippen LogP contribution in [0.2, 0.25) is 0 Å². The Morgan fingerprint density at radius 2 is 1.21 bits per heavy atom. The Labute approximate surface area is 264 Å². The summed E-state index contributed by atoms with van der Waals surface area (Å²) in [5.74, 6) is 6.03. The molecule has 0 aromatic rings. The van der Waals surface area contributed by atoms with Crippen molar-refractivity contribution in [3.63, 3.8) is 0 Å². The Balaban J connectivity index is 1.40. The molecule has 244 valence electrons. The Hall–Kier alpha value is -0.820. The highest BCUT2D eigenvalue weighted by Crippen LogP contribution is 2.51. The van der Waals surface area contributed by atoms with Crippen LogP contribution in [-0.4, -0.2) is 12.7 Å². The van der Waals surface area contributed by atoms with Crippen molar-refractivity contribution < 1.29 is 4.74 Å². The van der Waals surface area contributed by atoms with E-state index in [2.05, 4.69) is 73.6 Å². The summed E-state index contributed by atoms with van der Waals surface area (Å²) in [6.07, 6.45) is 33.7. The first-order chi connectivity index (χ1) is 20.0. The number of rotatable bonds is 25. The first-order valence-electron chi connectivity index (χ1n) is 18.5. The molecule has 0 N–H and O–H groups in total. The van der Waals surface area contributed by atoms with Gasteiger partial charge in [0.05, 0.1) is 5.60 Å². The van der Waals surface area contributed by atoms with Crippen molar-refractivity contribution in [2.75, 3.05) is 7.11 Å². The molecule has 0 radical (unpaired) electrons. The predicted octanol–water partition coefficient (Wildman–Crippen LogP) is 13.4. The van der Waals surface area contributed by atoms with Crippen LogP contribution in [0, 0.1) is 35.5 Å². The molecule has 2 aliphatic rings. The lowest BCUT2D eigenvalue weighted by Crippen LogP contribution is -2.21. The summed E-state index contributed by atoms with van der Waals surface area (Å²) in [5, 5.41) is 0. The lowest BCUT2D eigenvalue weighted by Gasteiger charge is -2.22. The fourth-order valence-electron chi connectivity index (χ4n) is 7.06. The van der Waals surface area contributed by atoms with E-state index in [0.717, 1.165) is 41.9 Å². The molecule has 3 unspecified atom stereocenters. The summed E-state index contributed by atoms with van der Waals surface area (Å²) in [6, 6.07) is 0. The van der Waals surface area contributed by atoms with Gasteiger partial charge in [-0.3, -0.25) is 0 Å². The molecule has 6 atom stereocenters. The van der Waals surface area contributed by atoms with Crippen molar-refractivity contribution in [3.05, 3.63) is 34.9 Å². The van der Waals surface area contributed by atoms with Gasteiger partial charge in [-0.15, -0.1) is 0 Å². The standard InChI is InChI=1S/C41H74O/c1-32(2)25-26-38-31-40(38)28-27-39-30-37(39)24-14-22-34(4)17-11-10-16-33(3)18-12-19-35(5)20-13-21-36(6)23-15-29-41(7,8)42-9/h16,21,25,34-35,37-40H,10-15,17-20,22-24,26-31H2,1-9H3/b33-16+,36-21+/t34?,35?,37-,38-,39-,40?/m1/s1. The van der Waals surface area contributed by atoms with Crippen molar-refractivity contribution in [1.82, 2.24) is 0 Å². The molecular formula is C41H74O. The molecule has 0 bridgehead atoms. The average Bonchev–Trinajstić information content (AvgIpc) is 3.85. The second kappa shape index (κ2) is 20.3. The van der Waals surface area contributed by atoms with Crippen LogP contribution in [0.5, 0.6) is 0 Å². The third-order valence-corrected chi connectivity index (χ3v) is 10.9. The molecule has 42 heavy (non-hydrogen) atoms. The Morgan fingerprint density at radius 1 is 0.667 bits per heavy atom. The van der Waals surface area contributed by atoms with Gasteiger partial charge in [0.1, 0.15) is 0 Å². The largest absolute Gasteiger partial charge is 0.379 e. The van der Waals surface area contributed by atoms with E-state index in [-0.39, 0.29) is 5.60 Å². The van der Waals surface area contributed by atoms with Gasteiger partial charge in [-0.2, -0.15) is 0 Å². The second-order valence-corrected chi connectivity index (χ2v) is 16.1. The highest BCUT2D eigenvalue weighted by atomic mass is 16.5. The van der Waals surface area contributed by atoms with Gasteiger partial charge in [0, 0.05) is 7.11 Å². The smallest absolute Gasteiger partial charge is 0.0622 e. The number of ether oxygens (including phenoxy) is 1. The molecule has 1 nitrogen and oxygen atoms in total. The van der Waals surface area contributed by atoms with Crippen LogP contribution < -0.4 is 0 Å².